The van der Waals surface area contributed by atoms with Crippen molar-refractivity contribution in [2.75, 3.05) is 43.7 Å². The minimum atomic E-state index is -4.29. The number of nitrogens with zero attached hydrogens (tertiary/aromatic N) is 3. The predicted octanol–water partition coefficient (Wildman–Crippen LogP) is 3.33. The molecular weight excluding hydrogens is 695 g/mol. The van der Waals surface area contributed by atoms with E-state index in [0.717, 1.165) is 25.7 Å². The van der Waals surface area contributed by atoms with Gasteiger partial charge in [-0.2, -0.15) is 9.97 Å². The second-order valence-electron chi connectivity index (χ2n) is 14.5. The van der Waals surface area contributed by atoms with Crippen LogP contribution in [-0.2, 0) is 32.9 Å². The molecule has 0 radical (unpaired) electrons. The molecule has 0 saturated heterocycles. The molecule has 17 nitrogen and oxygen atoms in total. The van der Waals surface area contributed by atoms with Crippen LogP contribution in [0.2, 0.25) is 0 Å². The van der Waals surface area contributed by atoms with Gasteiger partial charge in [-0.15, -0.1) is 0 Å². The number of aliphatic hydroxyl groups excluding tert-OH is 1. The highest BCUT2D eigenvalue weighted by Gasteiger charge is 2.66. The third-order valence-corrected chi connectivity index (χ3v) is 11.3. The lowest BCUT2D eigenvalue weighted by Crippen LogP contribution is -2.48. The quantitative estimate of drug-likeness (QED) is 0.0509. The van der Waals surface area contributed by atoms with E-state index >= 15 is 0 Å². The van der Waals surface area contributed by atoms with Crippen molar-refractivity contribution in [2.24, 2.45) is 28.7 Å². The first-order chi connectivity index (χ1) is 24.5. The van der Waals surface area contributed by atoms with Crippen LogP contribution in [0.4, 0.5) is 23.3 Å². The monoisotopic (exact) mass is 756 g/mol. The summed E-state index contributed by atoms with van der Waals surface area (Å²) in [5, 5.41) is 32.2. The Morgan fingerprint density at radius 1 is 1.02 bits per heavy atom. The number of methoxy groups -OCH3 is 1. The van der Waals surface area contributed by atoms with E-state index in [0.29, 0.717) is 5.82 Å². The molecule has 9 N–H and O–H groups in total. The molecule has 0 aromatic carbocycles. The number of nitrogens with one attached hydrogen (secondary N) is 3. The molecule has 2 aliphatic carbocycles. The molecule has 1 aromatic rings. The van der Waals surface area contributed by atoms with Crippen molar-refractivity contribution in [1.29, 1.82) is 0 Å². The topological polar surface area (TPSA) is 255 Å². The average molecular weight is 757 g/mol. The smallest absolute Gasteiger partial charge is 0.342 e. The van der Waals surface area contributed by atoms with E-state index in [1.54, 1.807) is 20.8 Å². The molecule has 0 bridgehead atoms. The summed E-state index contributed by atoms with van der Waals surface area (Å²) >= 11 is 0. The van der Waals surface area contributed by atoms with Gasteiger partial charge >= 0.3 is 19.6 Å². The first-order valence-electron chi connectivity index (χ1n) is 18.3. The lowest BCUT2D eigenvalue weighted by molar-refractivity contribution is -0.146. The molecule has 296 valence electrons. The highest BCUT2D eigenvalue weighted by Crippen LogP contribution is 2.53. The normalized spacial score (nSPS) is 23.2. The van der Waals surface area contributed by atoms with Crippen LogP contribution in [0.15, 0.2) is 4.99 Å². The maximum atomic E-state index is 14.6. The lowest BCUT2D eigenvalue weighted by Gasteiger charge is -2.32. The van der Waals surface area contributed by atoms with Gasteiger partial charge < -0.3 is 45.7 Å². The van der Waals surface area contributed by atoms with Crippen LogP contribution < -0.4 is 27.0 Å². The molecule has 7 atom stereocenters. The fraction of sp³-hybridized carbons (Fsp3) is 0.794. The maximum Gasteiger partial charge on any atom is 0.342 e. The summed E-state index contributed by atoms with van der Waals surface area (Å²) in [6.07, 6.45) is 3.38. The summed E-state index contributed by atoms with van der Waals surface area (Å²) in [5.74, 6) is -1.95. The summed E-state index contributed by atoms with van der Waals surface area (Å²) in [6.45, 7) is 12.3. The number of ether oxygens (including phenoxy) is 3. The van der Waals surface area contributed by atoms with Gasteiger partial charge in [0, 0.05) is 25.3 Å². The number of anilines is 3. The summed E-state index contributed by atoms with van der Waals surface area (Å²) < 4.78 is 36.6. The van der Waals surface area contributed by atoms with Gasteiger partial charge in [-0.3, -0.25) is 19.1 Å². The molecule has 2 fully saturated rings. The largest absolute Gasteiger partial charge is 0.465 e. The fourth-order valence-corrected chi connectivity index (χ4v) is 8.40. The molecule has 52 heavy (non-hydrogen) atoms. The number of carbonyl (C=O) groups is 2. The Labute approximate surface area is 307 Å². The Morgan fingerprint density at radius 2 is 1.56 bits per heavy atom. The third kappa shape index (κ3) is 11.5. The summed E-state index contributed by atoms with van der Waals surface area (Å²) in [5.41, 5.74) is 10.6. The van der Waals surface area contributed by atoms with Crippen LogP contribution in [0.3, 0.4) is 0 Å². The van der Waals surface area contributed by atoms with E-state index < -0.39 is 67.9 Å². The van der Waals surface area contributed by atoms with Crippen molar-refractivity contribution >= 4 is 49.1 Å². The molecule has 0 spiro atoms. The average Bonchev–Trinajstić information content (AvgIpc) is 3.34. The second kappa shape index (κ2) is 19.4. The van der Waals surface area contributed by atoms with Crippen molar-refractivity contribution in [1.82, 2.24) is 20.1 Å². The van der Waals surface area contributed by atoms with Crippen molar-refractivity contribution in [3.05, 3.63) is 0 Å². The number of carbonyl (C=O) groups excluding carboxylic acids is 2. The minimum absolute atomic E-state index is 0.00318. The number of nitrogens with two attached hydrogens (primary N) is 2. The predicted molar refractivity (Wildman–Crippen MR) is 199 cm³/mol. The molecule has 1 heterocycles. The number of aromatic nitrogens is 2. The van der Waals surface area contributed by atoms with E-state index in [9.17, 15) is 24.4 Å². The standard InChI is InChI=1S/C34H61N8O9P/c1-9-49-31(44)24(15-19(3)4)41-52(47,42-25(16-20(5)6)32(45)50-10-2)51-18-26(48-8)28(43)34(46)21(7)23(34)17-37-27-29(35)39-33(36)40-30(27)38-22-13-11-12-14-22/h17,19-26,28,43,46H,9-16,18H2,1-8H3,(H2,41,42,47)(H5,35,36,38,39,40)/t21?,23?,24-,25-,26?,28?,34?/m0/s1. The summed E-state index contributed by atoms with van der Waals surface area (Å²) in [4.78, 5) is 38.8. The van der Waals surface area contributed by atoms with Gasteiger partial charge in [-0.1, -0.05) is 47.5 Å². The van der Waals surface area contributed by atoms with E-state index in [1.165, 1.54) is 13.3 Å². The number of aliphatic imine (C=N–C) groups is 1. The first kappa shape index (κ1) is 43.5. The van der Waals surface area contributed by atoms with Gasteiger partial charge in [-0.25, -0.2) is 10.2 Å². The zero-order chi connectivity index (χ0) is 38.8. The molecule has 1 aromatic heterocycles. The Kier molecular flexibility index (Phi) is 16.2. The molecule has 18 heteroatoms. The molecule has 2 saturated carbocycles. The zero-order valence-corrected chi connectivity index (χ0v) is 32.7. The minimum Gasteiger partial charge on any atom is -0.465 e. The van der Waals surface area contributed by atoms with Gasteiger partial charge in [-0.05, 0) is 57.3 Å². The number of hydrogen-bond acceptors (Lipinski definition) is 15. The van der Waals surface area contributed by atoms with Crippen LogP contribution in [0.1, 0.15) is 87.0 Å². The van der Waals surface area contributed by atoms with E-state index in [-0.39, 0.29) is 61.4 Å². The molecule has 0 amide bonds. The molecule has 0 aliphatic heterocycles. The van der Waals surface area contributed by atoms with E-state index in [1.807, 2.05) is 27.7 Å². The zero-order valence-electron chi connectivity index (χ0n) is 31.8. The van der Waals surface area contributed by atoms with Crippen molar-refractivity contribution < 1.29 is 43.1 Å². The first-order valence-corrected chi connectivity index (χ1v) is 19.9. The fourth-order valence-electron chi connectivity index (χ4n) is 6.57. The lowest BCUT2D eigenvalue weighted by atomic mass is 10.0. The molecule has 2 aliphatic rings. The van der Waals surface area contributed by atoms with Crippen LogP contribution in [0, 0.1) is 23.7 Å². The van der Waals surface area contributed by atoms with Gasteiger partial charge in [0.2, 0.25) is 5.95 Å². The van der Waals surface area contributed by atoms with Crippen LogP contribution in [0.5, 0.6) is 0 Å². The van der Waals surface area contributed by atoms with Gasteiger partial charge in [0.05, 0.1) is 19.8 Å². The Morgan fingerprint density at radius 3 is 2.04 bits per heavy atom. The number of aliphatic hydroxyl groups is 2. The van der Waals surface area contributed by atoms with Crippen LogP contribution in [0.25, 0.3) is 0 Å². The van der Waals surface area contributed by atoms with Crippen molar-refractivity contribution in [3.8, 4) is 0 Å². The Hall–Kier alpha value is -2.92. The Bertz CT molecular complexity index is 1370. The summed E-state index contributed by atoms with van der Waals surface area (Å²) in [7, 11) is -2.98. The molecular formula is C34H61N8O9P. The van der Waals surface area contributed by atoms with Crippen LogP contribution >= 0.6 is 7.67 Å². The van der Waals surface area contributed by atoms with Gasteiger partial charge in [0.1, 0.15) is 35.6 Å². The summed E-state index contributed by atoms with van der Waals surface area (Å²) in [6, 6.07) is -1.92. The third-order valence-electron chi connectivity index (χ3n) is 9.44. The molecule has 5 unspecified atom stereocenters. The van der Waals surface area contributed by atoms with Gasteiger partial charge in [0.15, 0.2) is 11.6 Å². The van der Waals surface area contributed by atoms with Gasteiger partial charge in [0.25, 0.3) is 0 Å². The number of rotatable bonds is 22. The highest BCUT2D eigenvalue weighted by atomic mass is 31.2. The Balaban J connectivity index is 1.85. The number of hydrogen-bond donors (Lipinski definition) is 7. The molecule has 3 rings (SSSR count). The highest BCUT2D eigenvalue weighted by molar-refractivity contribution is 7.54. The second-order valence-corrected chi connectivity index (χ2v) is 16.3. The number of esters is 2. The van der Waals surface area contributed by atoms with Crippen LogP contribution in [-0.4, -0.2) is 101 Å². The van der Waals surface area contributed by atoms with Crippen molar-refractivity contribution in [2.45, 2.75) is 123 Å². The van der Waals surface area contributed by atoms with Crippen molar-refractivity contribution in [3.63, 3.8) is 0 Å². The van der Waals surface area contributed by atoms with E-state index in [2.05, 4.69) is 30.5 Å². The maximum absolute atomic E-state index is 14.6. The number of nitrogen functional groups attached to an aromatic ring is 2. The van der Waals surface area contributed by atoms with E-state index in [4.69, 9.17) is 30.2 Å². The SMILES string of the molecule is CCOC(=O)[C@H](CC(C)C)NP(=O)(N[C@@H](CC(C)C)C(=O)OCC)OCC(OC)C(O)C1(O)C(C)C1C=Nc1c(N)nc(N)nc1NC1CCCC1.